The maximum atomic E-state index is 12.5. The normalized spacial score (nSPS) is 17.2. The second kappa shape index (κ2) is 6.22. The Morgan fingerprint density at radius 1 is 1.38 bits per heavy atom. The molecule has 0 radical (unpaired) electrons. The Labute approximate surface area is 123 Å². The van der Waals surface area contributed by atoms with Crippen LogP contribution in [0.15, 0.2) is 18.2 Å². The van der Waals surface area contributed by atoms with Crippen LogP contribution in [-0.4, -0.2) is 28.1 Å². The Morgan fingerprint density at radius 2 is 2.05 bits per heavy atom. The zero-order valence-electron chi connectivity index (χ0n) is 12.1. The van der Waals surface area contributed by atoms with E-state index in [1.807, 2.05) is 0 Å². The number of nitro groups is 1. The number of nitrogens with zero attached hydrogens (tertiary/aromatic N) is 1. The average Bonchev–Trinajstić information content (AvgIpc) is 2.47. The van der Waals surface area contributed by atoms with Crippen LogP contribution < -0.4 is 5.32 Å². The summed E-state index contributed by atoms with van der Waals surface area (Å²) in [5, 5.41) is 23.6. The number of carbonyl (C=O) groups excluding carboxylic acids is 1. The van der Waals surface area contributed by atoms with E-state index in [1.165, 1.54) is 6.07 Å². The minimum atomic E-state index is -0.647. The molecular weight excluding hydrogens is 272 g/mol. The van der Waals surface area contributed by atoms with E-state index in [-0.39, 0.29) is 17.9 Å². The van der Waals surface area contributed by atoms with Crippen molar-refractivity contribution in [3.63, 3.8) is 0 Å². The Morgan fingerprint density at radius 3 is 2.62 bits per heavy atom. The summed E-state index contributed by atoms with van der Waals surface area (Å²) >= 11 is 0. The molecule has 1 fully saturated rings. The molecule has 0 bridgehead atoms. The van der Waals surface area contributed by atoms with Crippen molar-refractivity contribution in [2.24, 2.45) is 0 Å². The SMILES string of the molecule is Cc1cccc([N+](=O)[O-])c1C(=O)NC1(CO)CCCCC1. The maximum absolute atomic E-state index is 12.5. The highest BCUT2D eigenvalue weighted by Crippen LogP contribution is 2.29. The number of nitrogens with one attached hydrogen (secondary N) is 1. The lowest BCUT2D eigenvalue weighted by molar-refractivity contribution is -0.385. The molecule has 0 spiro atoms. The average molecular weight is 292 g/mol. The van der Waals surface area contributed by atoms with Gasteiger partial charge >= 0.3 is 0 Å². The number of benzene rings is 1. The minimum absolute atomic E-state index is 0.0842. The fraction of sp³-hybridized carbons (Fsp3) is 0.533. The molecule has 6 nitrogen and oxygen atoms in total. The fourth-order valence-corrected chi connectivity index (χ4v) is 2.95. The summed E-state index contributed by atoms with van der Waals surface area (Å²) < 4.78 is 0. The molecule has 21 heavy (non-hydrogen) atoms. The Bertz CT molecular complexity index is 551. The van der Waals surface area contributed by atoms with E-state index < -0.39 is 16.4 Å². The Balaban J connectivity index is 2.30. The zero-order chi connectivity index (χ0) is 15.5. The van der Waals surface area contributed by atoms with Gasteiger partial charge in [0.05, 0.1) is 17.1 Å². The third-order valence-corrected chi connectivity index (χ3v) is 4.17. The largest absolute Gasteiger partial charge is 0.394 e. The standard InChI is InChI=1S/C15H20N2O4/c1-11-6-5-7-12(17(20)21)13(11)14(19)16-15(10-18)8-3-2-4-9-15/h5-7,18H,2-4,8-10H2,1H3,(H,16,19). The smallest absolute Gasteiger partial charge is 0.282 e. The third-order valence-electron chi connectivity index (χ3n) is 4.17. The summed E-state index contributed by atoms with van der Waals surface area (Å²) in [6, 6.07) is 4.56. The van der Waals surface area contributed by atoms with Crippen LogP contribution in [0.2, 0.25) is 0 Å². The van der Waals surface area contributed by atoms with E-state index >= 15 is 0 Å². The predicted molar refractivity (Wildman–Crippen MR) is 78.2 cm³/mol. The summed E-state index contributed by atoms with van der Waals surface area (Å²) in [6.07, 6.45) is 4.37. The Kier molecular flexibility index (Phi) is 4.57. The van der Waals surface area contributed by atoms with Crippen LogP contribution in [0.1, 0.15) is 48.0 Å². The summed E-state index contributed by atoms with van der Waals surface area (Å²) in [7, 11) is 0. The van der Waals surface area contributed by atoms with Crippen molar-refractivity contribution in [2.75, 3.05) is 6.61 Å². The number of aliphatic hydroxyl groups is 1. The number of aryl methyl sites for hydroxylation is 1. The van der Waals surface area contributed by atoms with Gasteiger partial charge < -0.3 is 10.4 Å². The van der Waals surface area contributed by atoms with Gasteiger partial charge in [-0.3, -0.25) is 14.9 Å². The van der Waals surface area contributed by atoms with Crippen LogP contribution in [-0.2, 0) is 0 Å². The van der Waals surface area contributed by atoms with E-state index in [0.29, 0.717) is 18.4 Å². The molecule has 0 aromatic heterocycles. The number of rotatable bonds is 4. The van der Waals surface area contributed by atoms with Crippen LogP contribution in [0.3, 0.4) is 0 Å². The van der Waals surface area contributed by atoms with Crippen molar-refractivity contribution in [2.45, 2.75) is 44.6 Å². The van der Waals surface area contributed by atoms with E-state index in [0.717, 1.165) is 19.3 Å². The summed E-state index contributed by atoms with van der Waals surface area (Å²) in [5.74, 6) is -0.476. The first kappa shape index (κ1) is 15.4. The highest BCUT2D eigenvalue weighted by molar-refractivity contribution is 6.00. The van der Waals surface area contributed by atoms with Crippen LogP contribution in [0.4, 0.5) is 5.69 Å². The predicted octanol–water partition coefficient (Wildman–Crippen LogP) is 2.33. The molecule has 114 valence electrons. The number of carbonyl (C=O) groups is 1. The molecule has 0 heterocycles. The molecule has 2 N–H and O–H groups in total. The topological polar surface area (TPSA) is 92.5 Å². The van der Waals surface area contributed by atoms with Gasteiger partial charge in [-0.15, -0.1) is 0 Å². The molecule has 0 saturated heterocycles. The first-order valence-corrected chi connectivity index (χ1v) is 7.16. The van der Waals surface area contributed by atoms with Crippen LogP contribution in [0.5, 0.6) is 0 Å². The number of hydrogen-bond donors (Lipinski definition) is 2. The number of nitro benzene ring substituents is 1. The van der Waals surface area contributed by atoms with Crippen molar-refractivity contribution in [1.29, 1.82) is 0 Å². The third kappa shape index (κ3) is 3.21. The number of aliphatic hydroxyl groups excluding tert-OH is 1. The molecule has 1 aromatic carbocycles. The number of hydrogen-bond acceptors (Lipinski definition) is 4. The van der Waals surface area contributed by atoms with Crippen molar-refractivity contribution in [1.82, 2.24) is 5.32 Å². The fourth-order valence-electron chi connectivity index (χ4n) is 2.95. The highest BCUT2D eigenvalue weighted by atomic mass is 16.6. The number of amides is 1. The summed E-state index contributed by atoms with van der Waals surface area (Å²) in [5.41, 5.74) is -0.200. The lowest BCUT2D eigenvalue weighted by atomic mass is 9.82. The van der Waals surface area contributed by atoms with E-state index in [4.69, 9.17) is 0 Å². The lowest BCUT2D eigenvalue weighted by Gasteiger charge is -2.36. The molecule has 1 amide bonds. The molecule has 0 aliphatic heterocycles. The molecule has 2 rings (SSSR count). The first-order chi connectivity index (χ1) is 9.99. The van der Waals surface area contributed by atoms with Gasteiger partial charge in [-0.05, 0) is 25.3 Å². The van der Waals surface area contributed by atoms with Crippen molar-refractivity contribution in [3.05, 3.63) is 39.4 Å². The van der Waals surface area contributed by atoms with Gasteiger partial charge in [-0.1, -0.05) is 31.4 Å². The van der Waals surface area contributed by atoms with Gasteiger partial charge in [0.2, 0.25) is 0 Å². The van der Waals surface area contributed by atoms with Crippen molar-refractivity contribution in [3.8, 4) is 0 Å². The van der Waals surface area contributed by atoms with Gasteiger partial charge in [0, 0.05) is 6.07 Å². The molecule has 1 saturated carbocycles. The first-order valence-electron chi connectivity index (χ1n) is 7.16. The molecule has 6 heteroatoms. The quantitative estimate of drug-likeness (QED) is 0.658. The molecule has 0 unspecified atom stereocenters. The second-order valence-corrected chi connectivity index (χ2v) is 5.68. The van der Waals surface area contributed by atoms with Gasteiger partial charge in [0.15, 0.2) is 0 Å². The zero-order valence-corrected chi connectivity index (χ0v) is 12.1. The summed E-state index contributed by atoms with van der Waals surface area (Å²) in [4.78, 5) is 23.0. The molecule has 1 aliphatic rings. The van der Waals surface area contributed by atoms with Crippen LogP contribution in [0.25, 0.3) is 0 Å². The van der Waals surface area contributed by atoms with Crippen molar-refractivity contribution >= 4 is 11.6 Å². The van der Waals surface area contributed by atoms with Gasteiger partial charge in [0.25, 0.3) is 11.6 Å². The minimum Gasteiger partial charge on any atom is -0.394 e. The van der Waals surface area contributed by atoms with E-state index in [9.17, 15) is 20.0 Å². The monoisotopic (exact) mass is 292 g/mol. The van der Waals surface area contributed by atoms with Crippen LogP contribution in [0, 0.1) is 17.0 Å². The Hall–Kier alpha value is -1.95. The van der Waals surface area contributed by atoms with Gasteiger partial charge in [-0.25, -0.2) is 0 Å². The molecular formula is C15H20N2O4. The van der Waals surface area contributed by atoms with Crippen LogP contribution >= 0.6 is 0 Å². The maximum Gasteiger partial charge on any atom is 0.282 e. The highest BCUT2D eigenvalue weighted by Gasteiger charge is 2.35. The summed E-state index contributed by atoms with van der Waals surface area (Å²) in [6.45, 7) is 1.53. The van der Waals surface area contributed by atoms with Gasteiger partial charge in [-0.2, -0.15) is 0 Å². The molecule has 1 aliphatic carbocycles. The molecule has 1 aromatic rings. The lowest BCUT2D eigenvalue weighted by Crippen LogP contribution is -2.52. The molecule has 0 atom stereocenters. The van der Waals surface area contributed by atoms with E-state index in [2.05, 4.69) is 5.32 Å². The van der Waals surface area contributed by atoms with Gasteiger partial charge in [0.1, 0.15) is 5.56 Å². The second-order valence-electron chi connectivity index (χ2n) is 5.68. The van der Waals surface area contributed by atoms with Crippen molar-refractivity contribution < 1.29 is 14.8 Å². The van der Waals surface area contributed by atoms with E-state index in [1.54, 1.807) is 19.1 Å².